The number of carbonyl (C=O) groups excluding carboxylic acids is 2. The maximum Gasteiger partial charge on any atom is 0.348 e. The van der Waals surface area contributed by atoms with Crippen molar-refractivity contribution in [1.29, 1.82) is 0 Å². The van der Waals surface area contributed by atoms with Crippen molar-refractivity contribution in [1.82, 2.24) is 9.97 Å². The lowest BCUT2D eigenvalue weighted by molar-refractivity contribution is -0.939. The Morgan fingerprint density at radius 1 is 1.14 bits per heavy atom. The van der Waals surface area contributed by atoms with Crippen LogP contribution in [0.4, 0.5) is 5.82 Å². The van der Waals surface area contributed by atoms with Gasteiger partial charge in [-0.05, 0) is 22.4 Å². The third-order valence-electron chi connectivity index (χ3n) is 7.04. The Kier molecular flexibility index (Phi) is 7.65. The van der Waals surface area contributed by atoms with E-state index in [0.717, 1.165) is 25.9 Å². The minimum Gasteiger partial charge on any atom is -1.00 e. The number of quaternary nitrogens is 1. The molecule has 0 spiro atoms. The summed E-state index contributed by atoms with van der Waals surface area (Å²) in [6.07, 6.45) is 5.99. The number of halogens is 1. The van der Waals surface area contributed by atoms with Crippen LogP contribution in [0.3, 0.4) is 0 Å². The van der Waals surface area contributed by atoms with Crippen molar-refractivity contribution < 1.29 is 40.9 Å². The van der Waals surface area contributed by atoms with Crippen molar-refractivity contribution in [2.45, 2.75) is 24.5 Å². The highest BCUT2D eigenvalue weighted by Gasteiger charge is 2.51. The highest BCUT2D eigenvalue weighted by molar-refractivity contribution is 7.08. The molecule has 3 aliphatic rings. The highest BCUT2D eigenvalue weighted by Crippen LogP contribution is 2.38. The number of fused-ring (bicyclic) bond motifs is 3. The van der Waals surface area contributed by atoms with Gasteiger partial charge in [0.05, 0.1) is 19.3 Å². The second kappa shape index (κ2) is 10.5. The zero-order valence-electron chi connectivity index (χ0n) is 19.0. The number of rotatable bonds is 7. The number of esters is 1. The van der Waals surface area contributed by atoms with Gasteiger partial charge in [0, 0.05) is 36.7 Å². The number of carbonyl (C=O) groups is 2. The standard InChI is InChI=1S/C25H26N4O4S.BrH/c30-23(28-22-14-26-9-10-27-22)16-29-11-6-18(7-12-29)21(15-29)33-24(31)25(32,20-8-13-34-17-20)19-4-2-1-3-5-19;/h1-5,8-10,13-14,17-18,21,32H,6-7,11-12,15-16H2;1H/t18?,21?,25-,29?;/m1./s1. The lowest BCUT2D eigenvalue weighted by atomic mass is 9.82. The molecule has 3 aliphatic heterocycles. The highest BCUT2D eigenvalue weighted by atomic mass is 79.9. The average molecular weight is 559 g/mol. The van der Waals surface area contributed by atoms with E-state index >= 15 is 0 Å². The van der Waals surface area contributed by atoms with Crippen molar-refractivity contribution in [3.05, 3.63) is 76.9 Å². The molecule has 10 heteroatoms. The summed E-state index contributed by atoms with van der Waals surface area (Å²) in [5.74, 6) is -0.151. The fourth-order valence-electron chi connectivity index (χ4n) is 5.20. The van der Waals surface area contributed by atoms with Crippen LogP contribution < -0.4 is 22.3 Å². The van der Waals surface area contributed by atoms with Crippen molar-refractivity contribution in [2.75, 3.05) is 31.5 Å². The molecule has 3 fully saturated rings. The molecule has 2 bridgehead atoms. The molecule has 2 atom stereocenters. The third kappa shape index (κ3) is 5.16. The zero-order valence-corrected chi connectivity index (χ0v) is 21.5. The van der Waals surface area contributed by atoms with E-state index in [1.54, 1.807) is 41.9 Å². The number of aliphatic hydroxyl groups is 1. The van der Waals surface area contributed by atoms with Crippen LogP contribution >= 0.6 is 11.3 Å². The van der Waals surface area contributed by atoms with Crippen LogP contribution in [-0.2, 0) is 19.9 Å². The summed E-state index contributed by atoms with van der Waals surface area (Å²) in [5, 5.41) is 18.1. The van der Waals surface area contributed by atoms with Crippen molar-refractivity contribution in [2.24, 2.45) is 5.92 Å². The first-order valence-electron chi connectivity index (χ1n) is 11.4. The molecule has 0 saturated carbocycles. The first-order valence-corrected chi connectivity index (χ1v) is 12.4. The summed E-state index contributed by atoms with van der Waals surface area (Å²) in [5.41, 5.74) is -0.893. The number of nitrogens with zero attached hydrogens (tertiary/aromatic N) is 3. The molecule has 2 N–H and O–H groups in total. The molecule has 5 heterocycles. The van der Waals surface area contributed by atoms with Gasteiger partial charge in [-0.2, -0.15) is 11.3 Å². The maximum atomic E-state index is 13.5. The first kappa shape index (κ1) is 25.4. The van der Waals surface area contributed by atoms with E-state index in [0.29, 0.717) is 28.0 Å². The van der Waals surface area contributed by atoms with Gasteiger partial charge in [0.15, 0.2) is 18.5 Å². The van der Waals surface area contributed by atoms with E-state index < -0.39 is 11.6 Å². The number of anilines is 1. The predicted octanol–water partition coefficient (Wildman–Crippen LogP) is -0.431. The Hall–Kier alpha value is -2.66. The lowest BCUT2D eigenvalue weighted by Crippen LogP contribution is -3.00. The molecule has 35 heavy (non-hydrogen) atoms. The van der Waals surface area contributed by atoms with Gasteiger partial charge < -0.3 is 36.6 Å². The van der Waals surface area contributed by atoms with Gasteiger partial charge in [-0.15, -0.1) is 0 Å². The molecular weight excluding hydrogens is 532 g/mol. The number of thiophene rings is 1. The lowest BCUT2D eigenvalue weighted by Gasteiger charge is -2.51. The van der Waals surface area contributed by atoms with E-state index in [-0.39, 0.29) is 41.5 Å². The molecule has 3 aromatic rings. The van der Waals surface area contributed by atoms with Crippen LogP contribution in [0.2, 0.25) is 0 Å². The van der Waals surface area contributed by atoms with Crippen LogP contribution in [0.25, 0.3) is 0 Å². The molecular formula is C25H27BrN4O4S. The Morgan fingerprint density at radius 3 is 2.57 bits per heavy atom. The summed E-state index contributed by atoms with van der Waals surface area (Å²) in [6.45, 7) is 2.56. The van der Waals surface area contributed by atoms with Gasteiger partial charge in [-0.3, -0.25) is 9.78 Å². The smallest absolute Gasteiger partial charge is 0.348 e. The summed E-state index contributed by atoms with van der Waals surface area (Å²) < 4.78 is 6.60. The van der Waals surface area contributed by atoms with Crippen molar-refractivity contribution >= 4 is 29.0 Å². The van der Waals surface area contributed by atoms with E-state index in [1.807, 2.05) is 11.4 Å². The van der Waals surface area contributed by atoms with E-state index in [2.05, 4.69) is 15.3 Å². The number of amides is 1. The first-order chi connectivity index (χ1) is 16.5. The average Bonchev–Trinajstić information content (AvgIpc) is 3.40. The molecule has 0 aliphatic carbocycles. The number of ether oxygens (including phenoxy) is 1. The van der Waals surface area contributed by atoms with Crippen LogP contribution in [0, 0.1) is 5.92 Å². The number of aromatic nitrogens is 2. The Balaban J connectivity index is 0.00000289. The molecule has 184 valence electrons. The molecule has 2 aromatic heterocycles. The van der Waals surface area contributed by atoms with Gasteiger partial charge in [-0.25, -0.2) is 9.78 Å². The Labute approximate surface area is 218 Å². The molecule has 1 unspecified atom stereocenters. The fourth-order valence-corrected chi connectivity index (χ4v) is 5.90. The van der Waals surface area contributed by atoms with Gasteiger partial charge >= 0.3 is 5.97 Å². The van der Waals surface area contributed by atoms with Gasteiger partial charge in [-0.1, -0.05) is 30.3 Å². The number of piperidine rings is 3. The minimum atomic E-state index is -1.87. The summed E-state index contributed by atoms with van der Waals surface area (Å²) in [6, 6.07) is 10.7. The van der Waals surface area contributed by atoms with Crippen LogP contribution in [0.5, 0.6) is 0 Å². The van der Waals surface area contributed by atoms with Crippen molar-refractivity contribution in [3.63, 3.8) is 0 Å². The molecule has 3 saturated heterocycles. The molecule has 6 rings (SSSR count). The Bertz CT molecular complexity index is 1140. The monoisotopic (exact) mass is 558 g/mol. The fraction of sp³-hybridized carbons (Fsp3) is 0.360. The largest absolute Gasteiger partial charge is 1.00 e. The van der Waals surface area contributed by atoms with E-state index in [4.69, 9.17) is 4.74 Å². The molecule has 8 nitrogen and oxygen atoms in total. The van der Waals surface area contributed by atoms with Gasteiger partial charge in [0.2, 0.25) is 5.60 Å². The van der Waals surface area contributed by atoms with Crippen LogP contribution in [0.15, 0.2) is 65.7 Å². The molecule has 1 amide bonds. The SMILES string of the molecule is O=C(C[N+]12CCC(CC1)C(OC(=O)[C@@](O)(c1ccccc1)c1ccsc1)C2)Nc1cnccn1.[Br-]. The predicted molar refractivity (Wildman–Crippen MR) is 127 cm³/mol. The number of benzene rings is 1. The zero-order chi connectivity index (χ0) is 23.6. The third-order valence-corrected chi connectivity index (χ3v) is 7.72. The minimum absolute atomic E-state index is 0. The van der Waals surface area contributed by atoms with Crippen LogP contribution in [-0.4, -0.2) is 63.7 Å². The van der Waals surface area contributed by atoms with E-state index in [9.17, 15) is 14.7 Å². The number of nitrogens with one attached hydrogen (secondary N) is 1. The summed E-state index contributed by atoms with van der Waals surface area (Å²) in [4.78, 5) is 34.3. The second-order valence-corrected chi connectivity index (χ2v) is 9.92. The van der Waals surface area contributed by atoms with Crippen molar-refractivity contribution in [3.8, 4) is 0 Å². The van der Waals surface area contributed by atoms with Gasteiger partial charge in [0.25, 0.3) is 5.91 Å². The topological polar surface area (TPSA) is 101 Å². The summed E-state index contributed by atoms with van der Waals surface area (Å²) in [7, 11) is 0. The van der Waals surface area contributed by atoms with Gasteiger partial charge in [0.1, 0.15) is 6.54 Å². The normalized spacial score (nSPS) is 24.6. The number of hydrogen-bond donors (Lipinski definition) is 2. The Morgan fingerprint density at radius 2 is 1.91 bits per heavy atom. The molecule has 0 radical (unpaired) electrons. The van der Waals surface area contributed by atoms with Crippen LogP contribution in [0.1, 0.15) is 24.0 Å². The number of hydrogen-bond acceptors (Lipinski definition) is 7. The maximum absolute atomic E-state index is 13.5. The molecule has 1 aromatic carbocycles. The quantitative estimate of drug-likeness (QED) is 0.301. The van der Waals surface area contributed by atoms with E-state index in [1.165, 1.54) is 23.7 Å². The second-order valence-electron chi connectivity index (χ2n) is 9.14. The summed E-state index contributed by atoms with van der Waals surface area (Å²) >= 11 is 1.42.